The molecule has 0 saturated carbocycles. The summed E-state index contributed by atoms with van der Waals surface area (Å²) in [5, 5.41) is 11.6. The quantitative estimate of drug-likeness (QED) is 0.840. The first-order chi connectivity index (χ1) is 8.38. The van der Waals surface area contributed by atoms with Crippen LogP contribution in [0.4, 0.5) is 5.95 Å². The van der Waals surface area contributed by atoms with Gasteiger partial charge in [0.05, 0.1) is 7.11 Å². The molecule has 1 N–H and O–H groups in total. The normalized spacial score (nSPS) is 13.9. The number of anilines is 1. The Morgan fingerprint density at radius 2 is 2.35 bits per heavy atom. The van der Waals surface area contributed by atoms with Gasteiger partial charge in [-0.2, -0.15) is 0 Å². The van der Waals surface area contributed by atoms with Crippen LogP contribution in [0.1, 0.15) is 6.42 Å². The molecule has 0 spiro atoms. The Morgan fingerprint density at radius 1 is 1.41 bits per heavy atom. The molecule has 0 bridgehead atoms. The second kappa shape index (κ2) is 4.04. The number of nitrogens with one attached hydrogen (secondary N) is 1. The summed E-state index contributed by atoms with van der Waals surface area (Å²) in [5.74, 6) is 2.28. The van der Waals surface area contributed by atoms with Crippen molar-refractivity contribution in [3.8, 4) is 17.3 Å². The first kappa shape index (κ1) is 10.1. The van der Waals surface area contributed by atoms with Crippen molar-refractivity contribution < 1.29 is 4.74 Å². The fourth-order valence-corrected chi connectivity index (χ4v) is 1.96. The molecule has 88 valence electrons. The van der Waals surface area contributed by atoms with Crippen LogP contribution in [0.3, 0.4) is 0 Å². The van der Waals surface area contributed by atoms with Crippen LogP contribution in [0.5, 0.6) is 5.88 Å². The third kappa shape index (κ3) is 1.71. The van der Waals surface area contributed by atoms with Gasteiger partial charge in [0.2, 0.25) is 11.8 Å². The molecular weight excluding hydrogens is 218 g/mol. The van der Waals surface area contributed by atoms with E-state index in [-0.39, 0.29) is 0 Å². The van der Waals surface area contributed by atoms with E-state index in [9.17, 15) is 0 Å². The van der Waals surface area contributed by atoms with E-state index < -0.39 is 0 Å². The number of fused-ring (bicyclic) bond motifs is 1. The van der Waals surface area contributed by atoms with Gasteiger partial charge in [-0.1, -0.05) is 0 Å². The molecular formula is C11H13N5O. The highest BCUT2D eigenvalue weighted by atomic mass is 16.5. The average molecular weight is 231 g/mol. The smallest absolute Gasteiger partial charge is 0.224 e. The number of rotatable bonds is 2. The van der Waals surface area contributed by atoms with Gasteiger partial charge in [-0.3, -0.25) is 4.57 Å². The lowest BCUT2D eigenvalue weighted by Crippen LogP contribution is -2.17. The molecule has 0 aromatic carbocycles. The molecule has 3 rings (SSSR count). The van der Waals surface area contributed by atoms with Gasteiger partial charge in [-0.05, 0) is 12.5 Å². The maximum Gasteiger partial charge on any atom is 0.224 e. The second-order valence-corrected chi connectivity index (χ2v) is 3.87. The van der Waals surface area contributed by atoms with Gasteiger partial charge in [-0.25, -0.2) is 4.98 Å². The highest BCUT2D eigenvalue weighted by Gasteiger charge is 2.16. The van der Waals surface area contributed by atoms with E-state index in [1.807, 2.05) is 12.1 Å². The minimum absolute atomic E-state index is 0.587. The Kier molecular flexibility index (Phi) is 2.40. The standard InChI is InChI=1S/C11H13N5O/c1-17-9-7-8(3-5-12-9)10-14-15-11-13-4-2-6-16(10)11/h3,5,7H,2,4,6H2,1H3,(H,13,15). The Labute approximate surface area is 98.7 Å². The van der Waals surface area contributed by atoms with Crippen LogP contribution in [0.25, 0.3) is 11.4 Å². The molecule has 0 aliphatic carbocycles. The second-order valence-electron chi connectivity index (χ2n) is 3.87. The van der Waals surface area contributed by atoms with Gasteiger partial charge in [0, 0.05) is 30.9 Å². The molecule has 0 saturated heterocycles. The SMILES string of the molecule is COc1cc(-c2nnc3n2CCCN3)ccn1. The summed E-state index contributed by atoms with van der Waals surface area (Å²) in [6.07, 6.45) is 2.80. The summed E-state index contributed by atoms with van der Waals surface area (Å²) in [6, 6.07) is 3.78. The number of aromatic nitrogens is 4. The number of pyridine rings is 1. The summed E-state index contributed by atoms with van der Waals surface area (Å²) < 4.78 is 7.19. The Bertz CT molecular complexity index is 536. The number of hydrogen-bond acceptors (Lipinski definition) is 5. The molecule has 0 atom stereocenters. The monoisotopic (exact) mass is 231 g/mol. The van der Waals surface area contributed by atoms with Crippen molar-refractivity contribution in [2.45, 2.75) is 13.0 Å². The van der Waals surface area contributed by atoms with E-state index in [0.29, 0.717) is 5.88 Å². The zero-order chi connectivity index (χ0) is 11.7. The fraction of sp³-hybridized carbons (Fsp3) is 0.364. The fourth-order valence-electron chi connectivity index (χ4n) is 1.96. The van der Waals surface area contributed by atoms with Crippen LogP contribution >= 0.6 is 0 Å². The zero-order valence-electron chi connectivity index (χ0n) is 9.55. The summed E-state index contributed by atoms with van der Waals surface area (Å²) in [7, 11) is 1.60. The molecule has 1 aliphatic rings. The first-order valence-electron chi connectivity index (χ1n) is 5.56. The van der Waals surface area contributed by atoms with Gasteiger partial charge in [0.1, 0.15) is 0 Å². The Morgan fingerprint density at radius 3 is 3.24 bits per heavy atom. The molecule has 1 aliphatic heterocycles. The molecule has 17 heavy (non-hydrogen) atoms. The molecule has 0 amide bonds. The van der Waals surface area contributed by atoms with E-state index in [0.717, 1.165) is 36.8 Å². The van der Waals surface area contributed by atoms with Crippen LogP contribution in [-0.2, 0) is 6.54 Å². The predicted octanol–water partition coefficient (Wildman–Crippen LogP) is 1.16. The third-order valence-corrected chi connectivity index (χ3v) is 2.79. The number of hydrogen-bond donors (Lipinski definition) is 1. The summed E-state index contributed by atoms with van der Waals surface area (Å²) >= 11 is 0. The van der Waals surface area contributed by atoms with Gasteiger partial charge in [-0.15, -0.1) is 10.2 Å². The topological polar surface area (TPSA) is 64.9 Å². The molecule has 0 unspecified atom stereocenters. The lowest BCUT2D eigenvalue weighted by Gasteiger charge is -2.16. The number of methoxy groups -OCH3 is 1. The number of nitrogens with zero attached hydrogens (tertiary/aromatic N) is 4. The third-order valence-electron chi connectivity index (χ3n) is 2.79. The van der Waals surface area contributed by atoms with Crippen molar-refractivity contribution in [1.29, 1.82) is 0 Å². The van der Waals surface area contributed by atoms with Gasteiger partial charge >= 0.3 is 0 Å². The van der Waals surface area contributed by atoms with Crippen LogP contribution in [0.2, 0.25) is 0 Å². The molecule has 6 nitrogen and oxygen atoms in total. The molecule has 2 aromatic heterocycles. The van der Waals surface area contributed by atoms with Crippen molar-refractivity contribution in [3.63, 3.8) is 0 Å². The van der Waals surface area contributed by atoms with Crippen molar-refractivity contribution in [3.05, 3.63) is 18.3 Å². The molecule has 3 heterocycles. The Balaban J connectivity index is 2.05. The zero-order valence-corrected chi connectivity index (χ0v) is 9.55. The number of ether oxygens (including phenoxy) is 1. The van der Waals surface area contributed by atoms with Crippen LogP contribution in [0, 0.1) is 0 Å². The van der Waals surface area contributed by atoms with Crippen LogP contribution < -0.4 is 10.1 Å². The minimum atomic E-state index is 0.587. The van der Waals surface area contributed by atoms with E-state index in [4.69, 9.17) is 4.74 Å². The van der Waals surface area contributed by atoms with Crippen molar-refractivity contribution in [2.24, 2.45) is 0 Å². The molecule has 0 fully saturated rings. The van der Waals surface area contributed by atoms with Crippen molar-refractivity contribution in [2.75, 3.05) is 19.0 Å². The van der Waals surface area contributed by atoms with Gasteiger partial charge < -0.3 is 10.1 Å². The average Bonchev–Trinajstić information content (AvgIpc) is 2.82. The van der Waals surface area contributed by atoms with E-state index in [1.54, 1.807) is 13.3 Å². The summed E-state index contributed by atoms with van der Waals surface area (Å²) in [4.78, 5) is 4.08. The maximum atomic E-state index is 5.11. The molecule has 2 aromatic rings. The van der Waals surface area contributed by atoms with E-state index >= 15 is 0 Å². The molecule has 0 radical (unpaired) electrons. The van der Waals surface area contributed by atoms with Crippen molar-refractivity contribution in [1.82, 2.24) is 19.7 Å². The van der Waals surface area contributed by atoms with E-state index in [2.05, 4.69) is 25.1 Å². The highest BCUT2D eigenvalue weighted by Crippen LogP contribution is 2.24. The van der Waals surface area contributed by atoms with Crippen LogP contribution in [0.15, 0.2) is 18.3 Å². The van der Waals surface area contributed by atoms with Crippen LogP contribution in [-0.4, -0.2) is 33.4 Å². The van der Waals surface area contributed by atoms with Crippen molar-refractivity contribution >= 4 is 5.95 Å². The lowest BCUT2D eigenvalue weighted by molar-refractivity contribution is 0.398. The highest BCUT2D eigenvalue weighted by molar-refractivity contribution is 5.58. The van der Waals surface area contributed by atoms with Gasteiger partial charge in [0.15, 0.2) is 5.82 Å². The van der Waals surface area contributed by atoms with Gasteiger partial charge in [0.25, 0.3) is 0 Å². The largest absolute Gasteiger partial charge is 0.481 e. The minimum Gasteiger partial charge on any atom is -0.481 e. The predicted molar refractivity (Wildman–Crippen MR) is 62.9 cm³/mol. The van der Waals surface area contributed by atoms with E-state index in [1.165, 1.54) is 0 Å². The molecule has 6 heteroatoms. The first-order valence-corrected chi connectivity index (χ1v) is 5.56. The summed E-state index contributed by atoms with van der Waals surface area (Å²) in [6.45, 7) is 1.90. The maximum absolute atomic E-state index is 5.11. The summed E-state index contributed by atoms with van der Waals surface area (Å²) in [5.41, 5.74) is 0.972. The Hall–Kier alpha value is -2.11. The lowest BCUT2D eigenvalue weighted by atomic mass is 10.2.